The normalized spacial score (nSPS) is 12.1. The number of ether oxygens (including phenoxy) is 1. The van der Waals surface area contributed by atoms with Gasteiger partial charge in [0.05, 0.1) is 19.1 Å². The van der Waals surface area contributed by atoms with Crippen molar-refractivity contribution in [2.45, 2.75) is 45.8 Å². The molecule has 0 aliphatic heterocycles. The summed E-state index contributed by atoms with van der Waals surface area (Å²) in [5.41, 5.74) is 3.08. The Morgan fingerprint density at radius 2 is 1.59 bits per heavy atom. The molecule has 0 aliphatic carbocycles. The summed E-state index contributed by atoms with van der Waals surface area (Å²) < 4.78 is 32.0. The number of methoxy groups -OCH3 is 1. The van der Waals surface area contributed by atoms with E-state index in [2.05, 4.69) is 5.32 Å². The summed E-state index contributed by atoms with van der Waals surface area (Å²) in [6.45, 7) is 5.35. The van der Waals surface area contributed by atoms with E-state index in [1.807, 2.05) is 75.4 Å². The minimum atomic E-state index is -3.84. The predicted molar refractivity (Wildman–Crippen MR) is 154 cm³/mol. The summed E-state index contributed by atoms with van der Waals surface area (Å²) >= 11 is 0. The van der Waals surface area contributed by atoms with Gasteiger partial charge in [0.25, 0.3) is 0 Å². The molecular weight excluding hydrogens is 514 g/mol. The Balaban J connectivity index is 2.05. The fourth-order valence-corrected chi connectivity index (χ4v) is 5.05. The first-order valence-corrected chi connectivity index (χ1v) is 14.6. The Bertz CT molecular complexity index is 1360. The SMILES string of the molecule is COc1cccc(N(CC(=O)N(Cc2ccc(C)cc2)[C@H](Cc2ccccc2)C(=O)NC(C)C)S(C)(=O)=O)c1. The molecule has 0 fully saturated rings. The van der Waals surface area contributed by atoms with Crippen LogP contribution in [0.3, 0.4) is 0 Å². The molecule has 208 valence electrons. The summed E-state index contributed by atoms with van der Waals surface area (Å²) in [6.07, 6.45) is 1.33. The van der Waals surface area contributed by atoms with Crippen LogP contribution >= 0.6 is 0 Å². The van der Waals surface area contributed by atoms with Gasteiger partial charge in [-0.15, -0.1) is 0 Å². The van der Waals surface area contributed by atoms with Crippen LogP contribution in [-0.2, 0) is 32.6 Å². The molecule has 3 aromatic rings. The van der Waals surface area contributed by atoms with Gasteiger partial charge in [-0.2, -0.15) is 0 Å². The number of aryl methyl sites for hydroxylation is 1. The van der Waals surface area contributed by atoms with Gasteiger partial charge < -0.3 is 15.0 Å². The van der Waals surface area contributed by atoms with Crippen molar-refractivity contribution in [2.24, 2.45) is 0 Å². The number of carbonyl (C=O) groups is 2. The van der Waals surface area contributed by atoms with Gasteiger partial charge in [0, 0.05) is 25.1 Å². The zero-order valence-electron chi connectivity index (χ0n) is 23.1. The van der Waals surface area contributed by atoms with Crippen LogP contribution < -0.4 is 14.4 Å². The summed E-state index contributed by atoms with van der Waals surface area (Å²) in [6, 6.07) is 22.7. The maximum absolute atomic E-state index is 14.0. The van der Waals surface area contributed by atoms with Crippen LogP contribution in [0.4, 0.5) is 5.69 Å². The van der Waals surface area contributed by atoms with Gasteiger partial charge in [0.2, 0.25) is 21.8 Å². The first-order valence-electron chi connectivity index (χ1n) is 12.8. The van der Waals surface area contributed by atoms with Crippen LogP contribution in [0.1, 0.15) is 30.5 Å². The number of hydrogen-bond acceptors (Lipinski definition) is 5. The van der Waals surface area contributed by atoms with Crippen molar-refractivity contribution in [3.05, 3.63) is 95.6 Å². The second kappa shape index (κ2) is 13.3. The quantitative estimate of drug-likeness (QED) is 0.368. The molecule has 3 rings (SSSR count). The molecule has 39 heavy (non-hydrogen) atoms. The summed E-state index contributed by atoms with van der Waals surface area (Å²) in [7, 11) is -2.36. The largest absolute Gasteiger partial charge is 0.497 e. The molecule has 0 heterocycles. The van der Waals surface area contributed by atoms with E-state index in [4.69, 9.17) is 4.74 Å². The Labute approximate surface area is 231 Å². The molecule has 0 radical (unpaired) electrons. The number of nitrogens with one attached hydrogen (secondary N) is 1. The van der Waals surface area contributed by atoms with E-state index in [0.29, 0.717) is 11.4 Å². The molecule has 9 heteroatoms. The predicted octanol–water partition coefficient (Wildman–Crippen LogP) is 3.93. The molecule has 0 bridgehead atoms. The number of benzene rings is 3. The zero-order chi connectivity index (χ0) is 28.6. The van der Waals surface area contributed by atoms with Crippen LogP contribution in [0.15, 0.2) is 78.9 Å². The highest BCUT2D eigenvalue weighted by Gasteiger charge is 2.33. The highest BCUT2D eigenvalue weighted by molar-refractivity contribution is 7.92. The molecule has 3 aromatic carbocycles. The number of nitrogens with zero attached hydrogens (tertiary/aromatic N) is 2. The van der Waals surface area contributed by atoms with Crippen molar-refractivity contribution in [3.8, 4) is 5.75 Å². The van der Waals surface area contributed by atoms with Crippen LogP contribution in [0.25, 0.3) is 0 Å². The standard InChI is InChI=1S/C30H37N3O5S/c1-22(2)31-30(35)28(18-24-10-7-6-8-11-24)32(20-25-16-14-23(3)15-17-25)29(34)21-33(39(5,36)37)26-12-9-13-27(19-26)38-4/h6-17,19,22,28H,18,20-21H2,1-5H3,(H,31,35)/t28-/m1/s1. The van der Waals surface area contributed by atoms with Gasteiger partial charge in [0.15, 0.2) is 0 Å². The van der Waals surface area contributed by atoms with Crippen LogP contribution in [0, 0.1) is 6.92 Å². The third-order valence-corrected chi connectivity index (χ3v) is 7.34. The number of sulfonamides is 1. The average molecular weight is 552 g/mol. The lowest BCUT2D eigenvalue weighted by atomic mass is 10.0. The fourth-order valence-electron chi connectivity index (χ4n) is 4.20. The second-order valence-electron chi connectivity index (χ2n) is 9.85. The molecule has 0 aliphatic rings. The van der Waals surface area contributed by atoms with Crippen molar-refractivity contribution in [1.82, 2.24) is 10.2 Å². The van der Waals surface area contributed by atoms with Crippen molar-refractivity contribution < 1.29 is 22.7 Å². The third kappa shape index (κ3) is 8.58. The van der Waals surface area contributed by atoms with Crippen molar-refractivity contribution in [3.63, 3.8) is 0 Å². The molecule has 0 saturated carbocycles. The highest BCUT2D eigenvalue weighted by Crippen LogP contribution is 2.24. The number of carbonyl (C=O) groups excluding carboxylic acids is 2. The topological polar surface area (TPSA) is 96.0 Å². The summed E-state index contributed by atoms with van der Waals surface area (Å²) in [5.74, 6) is -0.339. The highest BCUT2D eigenvalue weighted by atomic mass is 32.2. The molecule has 0 aromatic heterocycles. The molecule has 0 unspecified atom stereocenters. The van der Waals surface area contributed by atoms with Gasteiger partial charge in [-0.25, -0.2) is 8.42 Å². The van der Waals surface area contributed by atoms with Crippen LogP contribution in [-0.4, -0.2) is 57.1 Å². The van der Waals surface area contributed by atoms with E-state index in [-0.39, 0.29) is 24.9 Å². The summed E-state index contributed by atoms with van der Waals surface area (Å²) in [4.78, 5) is 29.0. The minimum Gasteiger partial charge on any atom is -0.497 e. The molecule has 0 spiro atoms. The number of amides is 2. The first kappa shape index (κ1) is 29.7. The van der Waals surface area contributed by atoms with E-state index >= 15 is 0 Å². The molecule has 1 atom stereocenters. The summed E-state index contributed by atoms with van der Waals surface area (Å²) in [5, 5.41) is 2.94. The number of hydrogen-bond donors (Lipinski definition) is 1. The van der Waals surface area contributed by atoms with E-state index in [9.17, 15) is 18.0 Å². The van der Waals surface area contributed by atoms with Crippen molar-refractivity contribution in [2.75, 3.05) is 24.2 Å². The van der Waals surface area contributed by atoms with E-state index in [1.165, 1.54) is 12.0 Å². The lowest BCUT2D eigenvalue weighted by molar-refractivity contribution is -0.140. The maximum atomic E-state index is 14.0. The van der Waals surface area contributed by atoms with Gasteiger partial charge >= 0.3 is 0 Å². The maximum Gasteiger partial charge on any atom is 0.244 e. The average Bonchev–Trinajstić information content (AvgIpc) is 2.89. The number of rotatable bonds is 12. The van der Waals surface area contributed by atoms with Crippen molar-refractivity contribution in [1.29, 1.82) is 0 Å². The molecule has 8 nitrogen and oxygen atoms in total. The monoisotopic (exact) mass is 551 g/mol. The Hall–Kier alpha value is -3.85. The van der Waals surface area contributed by atoms with Gasteiger partial charge in [-0.3, -0.25) is 13.9 Å². The lowest BCUT2D eigenvalue weighted by Crippen LogP contribution is -2.54. The Morgan fingerprint density at radius 3 is 2.18 bits per heavy atom. The Morgan fingerprint density at radius 1 is 0.923 bits per heavy atom. The molecule has 1 N–H and O–H groups in total. The van der Waals surface area contributed by atoms with E-state index in [0.717, 1.165) is 27.3 Å². The molecular formula is C30H37N3O5S. The second-order valence-corrected chi connectivity index (χ2v) is 11.8. The first-order chi connectivity index (χ1) is 18.5. The van der Waals surface area contributed by atoms with Gasteiger partial charge in [-0.05, 0) is 44.0 Å². The lowest BCUT2D eigenvalue weighted by Gasteiger charge is -2.34. The smallest absolute Gasteiger partial charge is 0.244 e. The van der Waals surface area contributed by atoms with Crippen LogP contribution in [0.2, 0.25) is 0 Å². The molecule has 2 amide bonds. The van der Waals surface area contributed by atoms with Gasteiger partial charge in [0.1, 0.15) is 18.3 Å². The van der Waals surface area contributed by atoms with E-state index < -0.39 is 28.5 Å². The van der Waals surface area contributed by atoms with Gasteiger partial charge in [-0.1, -0.05) is 66.2 Å². The Kier molecular flexibility index (Phi) is 10.1. The number of anilines is 1. The zero-order valence-corrected chi connectivity index (χ0v) is 23.9. The fraction of sp³-hybridized carbons (Fsp3) is 0.333. The minimum absolute atomic E-state index is 0.137. The third-order valence-electron chi connectivity index (χ3n) is 6.20. The van der Waals surface area contributed by atoms with E-state index in [1.54, 1.807) is 24.3 Å². The van der Waals surface area contributed by atoms with Crippen molar-refractivity contribution >= 4 is 27.5 Å². The molecule has 0 saturated heterocycles. The van der Waals surface area contributed by atoms with Crippen LogP contribution in [0.5, 0.6) is 5.75 Å².